The molecule has 0 radical (unpaired) electrons. The summed E-state index contributed by atoms with van der Waals surface area (Å²) in [5.74, 6) is 1.71. The number of fused-ring (bicyclic) bond motifs is 1. The molecule has 1 fully saturated rings. The third-order valence-electron chi connectivity index (χ3n) is 2.30. The summed E-state index contributed by atoms with van der Waals surface area (Å²) in [6.45, 7) is 1.24. The molecule has 2 aliphatic heterocycles. The Kier molecular flexibility index (Phi) is 1.46. The van der Waals surface area contributed by atoms with Crippen LogP contribution < -0.4 is 9.47 Å². The first-order valence-corrected chi connectivity index (χ1v) is 4.42. The molecular formula is C10H10O3. The SMILES string of the molecule is c1cc2c(cc1C[C@@H]1CO1)OCO2. The third kappa shape index (κ3) is 1.35. The highest BCUT2D eigenvalue weighted by Gasteiger charge is 2.23. The highest BCUT2D eigenvalue weighted by atomic mass is 16.7. The summed E-state index contributed by atoms with van der Waals surface area (Å²) in [6.07, 6.45) is 1.41. The quantitative estimate of drug-likeness (QED) is 0.640. The second-order valence-corrected chi connectivity index (χ2v) is 3.35. The molecule has 0 amide bonds. The van der Waals surface area contributed by atoms with Crippen LogP contribution in [0.5, 0.6) is 11.5 Å². The molecule has 0 saturated carbocycles. The van der Waals surface area contributed by atoms with Crippen molar-refractivity contribution in [3.8, 4) is 11.5 Å². The number of hydrogen-bond donors (Lipinski definition) is 0. The number of rotatable bonds is 2. The number of benzene rings is 1. The fourth-order valence-electron chi connectivity index (χ4n) is 1.52. The molecule has 0 bridgehead atoms. The standard InChI is InChI=1S/C10H10O3/c1-2-9-10(13-6-12-9)4-7(1)3-8-5-11-8/h1-2,4,8H,3,5-6H2/t8-/m1/s1. The van der Waals surface area contributed by atoms with Crippen LogP contribution in [0.2, 0.25) is 0 Å². The van der Waals surface area contributed by atoms with Crippen molar-refractivity contribution in [1.29, 1.82) is 0 Å². The molecule has 0 aliphatic carbocycles. The Labute approximate surface area is 76.2 Å². The van der Waals surface area contributed by atoms with Gasteiger partial charge < -0.3 is 14.2 Å². The van der Waals surface area contributed by atoms with Crippen LogP contribution in [0.3, 0.4) is 0 Å². The highest BCUT2D eigenvalue weighted by molar-refractivity contribution is 5.44. The van der Waals surface area contributed by atoms with Crippen LogP contribution in [0.15, 0.2) is 18.2 Å². The fourth-order valence-corrected chi connectivity index (χ4v) is 1.52. The zero-order valence-corrected chi connectivity index (χ0v) is 7.16. The molecule has 1 saturated heterocycles. The monoisotopic (exact) mass is 178 g/mol. The fraction of sp³-hybridized carbons (Fsp3) is 0.400. The molecule has 1 aromatic rings. The van der Waals surface area contributed by atoms with Gasteiger partial charge in [0.1, 0.15) is 0 Å². The molecule has 0 spiro atoms. The second-order valence-electron chi connectivity index (χ2n) is 3.35. The average molecular weight is 178 g/mol. The molecule has 13 heavy (non-hydrogen) atoms. The van der Waals surface area contributed by atoms with E-state index >= 15 is 0 Å². The minimum atomic E-state index is 0.346. The van der Waals surface area contributed by atoms with Gasteiger partial charge in [-0.15, -0.1) is 0 Å². The van der Waals surface area contributed by atoms with E-state index in [0.29, 0.717) is 12.9 Å². The minimum Gasteiger partial charge on any atom is -0.454 e. The van der Waals surface area contributed by atoms with Crippen molar-refractivity contribution < 1.29 is 14.2 Å². The molecule has 2 heterocycles. The van der Waals surface area contributed by atoms with E-state index in [1.54, 1.807) is 0 Å². The van der Waals surface area contributed by atoms with E-state index in [0.717, 1.165) is 24.5 Å². The summed E-state index contributed by atoms with van der Waals surface area (Å²) in [5.41, 5.74) is 1.26. The Morgan fingerprint density at radius 1 is 1.23 bits per heavy atom. The molecule has 0 aromatic heterocycles. The lowest BCUT2D eigenvalue weighted by Gasteiger charge is -1.99. The lowest BCUT2D eigenvalue weighted by molar-refractivity contribution is 0.174. The van der Waals surface area contributed by atoms with Gasteiger partial charge in [0.25, 0.3) is 0 Å². The van der Waals surface area contributed by atoms with E-state index in [4.69, 9.17) is 14.2 Å². The summed E-state index contributed by atoms with van der Waals surface area (Å²) in [6, 6.07) is 6.05. The molecule has 68 valence electrons. The summed E-state index contributed by atoms with van der Waals surface area (Å²) < 4.78 is 15.7. The van der Waals surface area contributed by atoms with Crippen LogP contribution in [0.4, 0.5) is 0 Å². The summed E-state index contributed by atoms with van der Waals surface area (Å²) in [4.78, 5) is 0. The van der Waals surface area contributed by atoms with Gasteiger partial charge in [-0.2, -0.15) is 0 Å². The third-order valence-corrected chi connectivity index (χ3v) is 2.30. The Balaban J connectivity index is 1.86. The van der Waals surface area contributed by atoms with Crippen LogP contribution in [-0.4, -0.2) is 19.5 Å². The molecule has 3 rings (SSSR count). The van der Waals surface area contributed by atoms with E-state index < -0.39 is 0 Å². The number of hydrogen-bond acceptors (Lipinski definition) is 3. The lowest BCUT2D eigenvalue weighted by Crippen LogP contribution is -1.93. The van der Waals surface area contributed by atoms with E-state index in [2.05, 4.69) is 6.07 Å². The Morgan fingerprint density at radius 2 is 2.08 bits per heavy atom. The Bertz CT molecular complexity index is 331. The van der Waals surface area contributed by atoms with Gasteiger partial charge in [-0.05, 0) is 17.7 Å². The van der Waals surface area contributed by atoms with Crippen molar-refractivity contribution in [1.82, 2.24) is 0 Å². The van der Waals surface area contributed by atoms with Crippen molar-refractivity contribution in [2.45, 2.75) is 12.5 Å². The van der Waals surface area contributed by atoms with Crippen molar-refractivity contribution in [3.63, 3.8) is 0 Å². The largest absolute Gasteiger partial charge is 0.454 e. The molecule has 3 heteroatoms. The first-order chi connectivity index (χ1) is 6.42. The van der Waals surface area contributed by atoms with Crippen LogP contribution in [-0.2, 0) is 11.2 Å². The van der Waals surface area contributed by atoms with Gasteiger partial charge >= 0.3 is 0 Å². The van der Waals surface area contributed by atoms with Crippen molar-refractivity contribution >= 4 is 0 Å². The molecule has 3 nitrogen and oxygen atoms in total. The zero-order chi connectivity index (χ0) is 8.67. The summed E-state index contributed by atoms with van der Waals surface area (Å²) in [7, 11) is 0. The van der Waals surface area contributed by atoms with Crippen LogP contribution in [0.1, 0.15) is 5.56 Å². The molecule has 2 aliphatic rings. The highest BCUT2D eigenvalue weighted by Crippen LogP contribution is 2.33. The van der Waals surface area contributed by atoms with E-state index in [9.17, 15) is 0 Å². The van der Waals surface area contributed by atoms with Crippen molar-refractivity contribution in [2.75, 3.05) is 13.4 Å². The molecular weight excluding hydrogens is 168 g/mol. The predicted octanol–water partition coefficient (Wildman–Crippen LogP) is 1.36. The van der Waals surface area contributed by atoms with Gasteiger partial charge in [0.15, 0.2) is 11.5 Å². The van der Waals surface area contributed by atoms with Crippen LogP contribution >= 0.6 is 0 Å². The smallest absolute Gasteiger partial charge is 0.231 e. The first kappa shape index (κ1) is 7.21. The number of ether oxygens (including phenoxy) is 3. The topological polar surface area (TPSA) is 31.0 Å². The van der Waals surface area contributed by atoms with Gasteiger partial charge in [-0.1, -0.05) is 6.07 Å². The van der Waals surface area contributed by atoms with Crippen molar-refractivity contribution in [2.24, 2.45) is 0 Å². The maximum absolute atomic E-state index is 5.28. The first-order valence-electron chi connectivity index (χ1n) is 4.42. The molecule has 1 atom stereocenters. The Hall–Kier alpha value is -1.22. The minimum absolute atomic E-state index is 0.346. The zero-order valence-electron chi connectivity index (χ0n) is 7.16. The maximum atomic E-state index is 5.28. The average Bonchev–Trinajstić information content (AvgIpc) is 2.83. The maximum Gasteiger partial charge on any atom is 0.231 e. The van der Waals surface area contributed by atoms with Gasteiger partial charge in [-0.3, -0.25) is 0 Å². The van der Waals surface area contributed by atoms with Crippen LogP contribution in [0.25, 0.3) is 0 Å². The van der Waals surface area contributed by atoms with E-state index in [1.165, 1.54) is 5.56 Å². The summed E-state index contributed by atoms with van der Waals surface area (Å²) in [5, 5.41) is 0. The number of epoxide rings is 1. The predicted molar refractivity (Wildman–Crippen MR) is 46.0 cm³/mol. The Morgan fingerprint density at radius 3 is 2.92 bits per heavy atom. The summed E-state index contributed by atoms with van der Waals surface area (Å²) >= 11 is 0. The van der Waals surface area contributed by atoms with Crippen LogP contribution in [0, 0.1) is 0 Å². The molecule has 1 aromatic carbocycles. The normalized spacial score (nSPS) is 23.2. The lowest BCUT2D eigenvalue weighted by atomic mass is 10.1. The van der Waals surface area contributed by atoms with Gasteiger partial charge in [0.2, 0.25) is 6.79 Å². The van der Waals surface area contributed by atoms with E-state index in [1.807, 2.05) is 12.1 Å². The molecule has 0 N–H and O–H groups in total. The van der Waals surface area contributed by atoms with Gasteiger partial charge in [0, 0.05) is 6.42 Å². The van der Waals surface area contributed by atoms with E-state index in [-0.39, 0.29) is 0 Å². The molecule has 0 unspecified atom stereocenters. The second kappa shape index (κ2) is 2.64. The van der Waals surface area contributed by atoms with Gasteiger partial charge in [0.05, 0.1) is 12.7 Å². The van der Waals surface area contributed by atoms with Crippen molar-refractivity contribution in [3.05, 3.63) is 23.8 Å². The van der Waals surface area contributed by atoms with Gasteiger partial charge in [-0.25, -0.2) is 0 Å².